The van der Waals surface area contributed by atoms with Gasteiger partial charge < -0.3 is 4.74 Å². The maximum Gasteiger partial charge on any atom is 0.243 e. The van der Waals surface area contributed by atoms with Gasteiger partial charge in [-0.2, -0.15) is 0 Å². The third-order valence-electron chi connectivity index (χ3n) is 2.44. The highest BCUT2D eigenvalue weighted by Crippen LogP contribution is 2.16. The van der Waals surface area contributed by atoms with E-state index in [0.29, 0.717) is 6.42 Å². The summed E-state index contributed by atoms with van der Waals surface area (Å²) in [5, 5.41) is 0. The molecule has 1 amide bonds. The molecule has 1 heterocycles. The maximum atomic E-state index is 11.4. The summed E-state index contributed by atoms with van der Waals surface area (Å²) in [5.74, 6) is -0.0656. The molecule has 0 spiro atoms. The van der Waals surface area contributed by atoms with Crippen molar-refractivity contribution in [3.8, 4) is 0 Å². The molecule has 1 fully saturated rings. The lowest BCUT2D eigenvalue weighted by molar-refractivity contribution is -0.146. The summed E-state index contributed by atoms with van der Waals surface area (Å²) in [4.78, 5) is 16.6. The second-order valence-corrected chi connectivity index (χ2v) is 5.27. The van der Waals surface area contributed by atoms with Crippen LogP contribution < -0.4 is 5.48 Å². The van der Waals surface area contributed by atoms with Gasteiger partial charge in [0.05, 0.1) is 11.7 Å². The fourth-order valence-electron chi connectivity index (χ4n) is 1.59. The molecule has 1 aliphatic heterocycles. The number of amides is 1. The van der Waals surface area contributed by atoms with Gasteiger partial charge in [0.1, 0.15) is 0 Å². The minimum Gasteiger partial charge on any atom is -0.378 e. The van der Waals surface area contributed by atoms with Crippen molar-refractivity contribution in [1.82, 2.24) is 5.48 Å². The Balaban J connectivity index is 2.09. The fraction of sp³-hybridized carbons (Fsp3) is 0.917. The van der Waals surface area contributed by atoms with Crippen molar-refractivity contribution < 1.29 is 14.4 Å². The molecule has 4 nitrogen and oxygen atoms in total. The van der Waals surface area contributed by atoms with Gasteiger partial charge in [-0.1, -0.05) is 0 Å². The summed E-state index contributed by atoms with van der Waals surface area (Å²) >= 11 is 0. The normalized spacial score (nSPS) is 21.8. The third kappa shape index (κ3) is 6.08. The van der Waals surface area contributed by atoms with Crippen molar-refractivity contribution in [2.75, 3.05) is 6.61 Å². The summed E-state index contributed by atoms with van der Waals surface area (Å²) < 4.78 is 5.55. The third-order valence-corrected chi connectivity index (χ3v) is 2.44. The lowest BCUT2D eigenvalue weighted by atomic mass is 10.0. The largest absolute Gasteiger partial charge is 0.378 e. The van der Waals surface area contributed by atoms with Crippen molar-refractivity contribution in [3.05, 3.63) is 0 Å². The first-order valence-electron chi connectivity index (χ1n) is 6.06. The molecule has 0 radical (unpaired) electrons. The zero-order chi connectivity index (χ0) is 12.0. The standard InChI is InChI=1S/C12H23NO3/c1-12(2,3)16-13-11(14)8-7-10-6-4-5-9-15-10/h10H,4-9H2,1-3H3,(H,13,14). The minimum absolute atomic E-state index is 0.0656. The van der Waals surface area contributed by atoms with Gasteiger partial charge in [-0.25, -0.2) is 5.48 Å². The van der Waals surface area contributed by atoms with Gasteiger partial charge >= 0.3 is 0 Å². The quantitative estimate of drug-likeness (QED) is 0.752. The van der Waals surface area contributed by atoms with Gasteiger partial charge in [0, 0.05) is 13.0 Å². The molecular formula is C12H23NO3. The van der Waals surface area contributed by atoms with E-state index in [1.54, 1.807) is 0 Å². The van der Waals surface area contributed by atoms with E-state index >= 15 is 0 Å². The van der Waals surface area contributed by atoms with Crippen LogP contribution in [0.2, 0.25) is 0 Å². The topological polar surface area (TPSA) is 47.6 Å². The van der Waals surface area contributed by atoms with Crippen LogP contribution in [-0.2, 0) is 14.4 Å². The van der Waals surface area contributed by atoms with Crippen LogP contribution in [0.4, 0.5) is 0 Å². The van der Waals surface area contributed by atoms with E-state index in [1.165, 1.54) is 6.42 Å². The van der Waals surface area contributed by atoms with Crippen molar-refractivity contribution in [2.45, 2.75) is 64.6 Å². The van der Waals surface area contributed by atoms with Gasteiger partial charge in [0.25, 0.3) is 0 Å². The smallest absolute Gasteiger partial charge is 0.243 e. The molecule has 0 aromatic heterocycles. The highest BCUT2D eigenvalue weighted by molar-refractivity contribution is 5.74. The molecule has 0 aromatic rings. The number of hydroxylamine groups is 1. The number of rotatable bonds is 4. The molecule has 16 heavy (non-hydrogen) atoms. The molecule has 0 aliphatic carbocycles. The van der Waals surface area contributed by atoms with E-state index in [4.69, 9.17) is 9.57 Å². The van der Waals surface area contributed by atoms with Crippen LogP contribution in [0.15, 0.2) is 0 Å². The van der Waals surface area contributed by atoms with Crippen LogP contribution in [0.25, 0.3) is 0 Å². The Morgan fingerprint density at radius 3 is 2.75 bits per heavy atom. The Labute approximate surface area is 97.6 Å². The number of hydrogen-bond donors (Lipinski definition) is 1. The second kappa shape index (κ2) is 6.21. The number of nitrogens with one attached hydrogen (secondary N) is 1. The molecule has 1 unspecified atom stereocenters. The summed E-state index contributed by atoms with van der Waals surface area (Å²) in [6, 6.07) is 0. The van der Waals surface area contributed by atoms with Crippen molar-refractivity contribution in [3.63, 3.8) is 0 Å². The van der Waals surface area contributed by atoms with Crippen LogP contribution in [-0.4, -0.2) is 24.2 Å². The van der Waals surface area contributed by atoms with E-state index < -0.39 is 0 Å². The predicted molar refractivity (Wildman–Crippen MR) is 61.8 cm³/mol. The minimum atomic E-state index is -0.336. The highest BCUT2D eigenvalue weighted by atomic mass is 16.7. The number of carbonyl (C=O) groups excluding carboxylic acids is 1. The molecule has 94 valence electrons. The number of carbonyl (C=O) groups is 1. The molecule has 0 bridgehead atoms. The molecule has 1 saturated heterocycles. The molecular weight excluding hydrogens is 206 g/mol. The summed E-state index contributed by atoms with van der Waals surface area (Å²) in [7, 11) is 0. The first kappa shape index (κ1) is 13.5. The Morgan fingerprint density at radius 2 is 2.19 bits per heavy atom. The summed E-state index contributed by atoms with van der Waals surface area (Å²) in [5.41, 5.74) is 2.13. The van der Waals surface area contributed by atoms with Crippen LogP contribution in [0, 0.1) is 0 Å². The summed E-state index contributed by atoms with van der Waals surface area (Å²) in [6.45, 7) is 6.54. The fourth-order valence-corrected chi connectivity index (χ4v) is 1.59. The van der Waals surface area contributed by atoms with E-state index in [9.17, 15) is 4.79 Å². The van der Waals surface area contributed by atoms with E-state index in [1.807, 2.05) is 20.8 Å². The molecule has 1 aliphatic rings. The van der Waals surface area contributed by atoms with Crippen molar-refractivity contribution in [1.29, 1.82) is 0 Å². The van der Waals surface area contributed by atoms with E-state index in [-0.39, 0.29) is 17.6 Å². The molecule has 1 atom stereocenters. The Kier molecular flexibility index (Phi) is 5.22. The Hall–Kier alpha value is -0.610. The van der Waals surface area contributed by atoms with Crippen LogP contribution in [0.5, 0.6) is 0 Å². The average molecular weight is 229 g/mol. The van der Waals surface area contributed by atoms with E-state index in [2.05, 4.69) is 5.48 Å². The predicted octanol–water partition coefficient (Wildman–Crippen LogP) is 2.18. The summed E-state index contributed by atoms with van der Waals surface area (Å²) in [6.07, 6.45) is 4.96. The van der Waals surface area contributed by atoms with E-state index in [0.717, 1.165) is 25.9 Å². The van der Waals surface area contributed by atoms with Crippen LogP contribution >= 0.6 is 0 Å². The van der Waals surface area contributed by atoms with Gasteiger partial charge in [-0.05, 0) is 46.5 Å². The lowest BCUT2D eigenvalue weighted by Gasteiger charge is -2.23. The SMILES string of the molecule is CC(C)(C)ONC(=O)CCC1CCCCO1. The van der Waals surface area contributed by atoms with Crippen LogP contribution in [0.3, 0.4) is 0 Å². The Morgan fingerprint density at radius 1 is 1.44 bits per heavy atom. The van der Waals surface area contributed by atoms with Gasteiger partial charge in [-0.15, -0.1) is 0 Å². The zero-order valence-corrected chi connectivity index (χ0v) is 10.5. The number of hydrogen-bond acceptors (Lipinski definition) is 3. The molecule has 0 saturated carbocycles. The molecule has 0 aromatic carbocycles. The van der Waals surface area contributed by atoms with Gasteiger partial charge in [0.2, 0.25) is 5.91 Å². The second-order valence-electron chi connectivity index (χ2n) is 5.27. The molecule has 1 rings (SSSR count). The monoisotopic (exact) mass is 229 g/mol. The highest BCUT2D eigenvalue weighted by Gasteiger charge is 2.17. The first-order chi connectivity index (χ1) is 7.47. The lowest BCUT2D eigenvalue weighted by Crippen LogP contribution is -2.34. The first-order valence-corrected chi connectivity index (χ1v) is 6.06. The van der Waals surface area contributed by atoms with Gasteiger partial charge in [-0.3, -0.25) is 9.63 Å². The van der Waals surface area contributed by atoms with Crippen LogP contribution in [0.1, 0.15) is 52.9 Å². The van der Waals surface area contributed by atoms with Gasteiger partial charge in [0.15, 0.2) is 0 Å². The number of ether oxygens (including phenoxy) is 1. The van der Waals surface area contributed by atoms with Crippen molar-refractivity contribution in [2.24, 2.45) is 0 Å². The molecule has 1 N–H and O–H groups in total. The van der Waals surface area contributed by atoms with Crippen molar-refractivity contribution >= 4 is 5.91 Å². The maximum absolute atomic E-state index is 11.4. The average Bonchev–Trinajstić information content (AvgIpc) is 2.24. The molecule has 4 heteroatoms. The Bertz CT molecular complexity index is 217. The zero-order valence-electron chi connectivity index (χ0n) is 10.5.